The first kappa shape index (κ1) is 23.5. The summed E-state index contributed by atoms with van der Waals surface area (Å²) in [6, 6.07) is 8.03. The Kier molecular flexibility index (Phi) is 7.93. The number of carbonyl (C=O) groups is 2. The highest BCUT2D eigenvalue weighted by atomic mass is 79.9. The van der Waals surface area contributed by atoms with Crippen LogP contribution in [0, 0.1) is 6.92 Å². The second kappa shape index (κ2) is 10.4. The summed E-state index contributed by atoms with van der Waals surface area (Å²) in [7, 11) is 0. The molecule has 2 amide bonds. The molecule has 0 radical (unpaired) electrons. The van der Waals surface area contributed by atoms with Gasteiger partial charge >= 0.3 is 6.09 Å². The third kappa shape index (κ3) is 5.76. The number of rotatable bonds is 6. The number of anilines is 2. The lowest BCUT2D eigenvalue weighted by atomic mass is 10.1. The summed E-state index contributed by atoms with van der Waals surface area (Å²) in [5.74, 6) is -0.202. The van der Waals surface area contributed by atoms with Gasteiger partial charge in [-0.2, -0.15) is 5.10 Å². The van der Waals surface area contributed by atoms with Crippen LogP contribution in [0.5, 0.6) is 0 Å². The van der Waals surface area contributed by atoms with Gasteiger partial charge in [-0.05, 0) is 52.7 Å². The molecular formula is C19H15Br2Cl2N5O3. The molecule has 3 rings (SSSR count). The summed E-state index contributed by atoms with van der Waals surface area (Å²) in [5.41, 5.74) is 1.47. The number of hydrogen-bond acceptors (Lipinski definition) is 5. The van der Waals surface area contributed by atoms with E-state index in [9.17, 15) is 9.59 Å². The Bertz CT molecular complexity index is 1140. The number of nitrogens with zero attached hydrogens (tertiary/aromatic N) is 3. The molecule has 0 atom stereocenters. The van der Waals surface area contributed by atoms with Crippen LogP contribution in [0.25, 0.3) is 5.82 Å². The minimum Gasteiger partial charge on any atom is -0.448 e. The van der Waals surface area contributed by atoms with Gasteiger partial charge in [-0.1, -0.05) is 39.1 Å². The smallest absolute Gasteiger partial charge is 0.411 e. The van der Waals surface area contributed by atoms with E-state index in [1.165, 1.54) is 16.8 Å². The summed E-state index contributed by atoms with van der Waals surface area (Å²) in [4.78, 5) is 29.4. The number of benzene rings is 1. The zero-order valence-electron chi connectivity index (χ0n) is 16.0. The molecular weight excluding hydrogens is 577 g/mol. The zero-order chi connectivity index (χ0) is 22.5. The lowest BCUT2D eigenvalue weighted by Crippen LogP contribution is -2.21. The van der Waals surface area contributed by atoms with Gasteiger partial charge in [0.05, 0.1) is 16.4 Å². The predicted octanol–water partition coefficient (Wildman–Crippen LogP) is 5.84. The Morgan fingerprint density at radius 1 is 1.23 bits per heavy atom. The van der Waals surface area contributed by atoms with Crippen LogP contribution in [-0.4, -0.2) is 38.7 Å². The van der Waals surface area contributed by atoms with Crippen LogP contribution in [-0.2, 0) is 4.74 Å². The van der Waals surface area contributed by atoms with E-state index >= 15 is 0 Å². The summed E-state index contributed by atoms with van der Waals surface area (Å²) in [6.45, 7) is 1.93. The number of halogens is 4. The first-order valence-electron chi connectivity index (χ1n) is 8.78. The Morgan fingerprint density at radius 3 is 2.71 bits per heavy atom. The molecule has 0 aliphatic carbocycles. The van der Waals surface area contributed by atoms with Crippen molar-refractivity contribution >= 4 is 78.4 Å². The van der Waals surface area contributed by atoms with E-state index in [4.69, 9.17) is 27.9 Å². The van der Waals surface area contributed by atoms with Crippen molar-refractivity contribution in [3.05, 3.63) is 62.4 Å². The first-order valence-corrected chi connectivity index (χ1v) is 11.4. The maximum atomic E-state index is 13.1. The number of ether oxygens (including phenoxy) is 1. The van der Waals surface area contributed by atoms with Crippen molar-refractivity contribution < 1.29 is 14.3 Å². The Labute approximate surface area is 204 Å². The SMILES string of the molecule is Cc1cc(Cl)cc(NC(=O)OCCBr)c1NC(=O)c1cc(Br)nn1-c1ncccc1Cl. The lowest BCUT2D eigenvalue weighted by Gasteiger charge is -2.16. The average molecular weight is 592 g/mol. The van der Waals surface area contributed by atoms with Gasteiger partial charge < -0.3 is 10.1 Å². The molecule has 0 fully saturated rings. The minimum absolute atomic E-state index is 0.176. The first-order chi connectivity index (χ1) is 14.8. The molecule has 2 heterocycles. The van der Waals surface area contributed by atoms with Crippen molar-refractivity contribution in [1.82, 2.24) is 14.8 Å². The van der Waals surface area contributed by atoms with Gasteiger partial charge in [0.2, 0.25) is 0 Å². The molecule has 0 bridgehead atoms. The minimum atomic E-state index is -0.676. The van der Waals surface area contributed by atoms with E-state index in [0.717, 1.165) is 0 Å². The number of nitrogens with one attached hydrogen (secondary N) is 2. The van der Waals surface area contributed by atoms with E-state index in [2.05, 4.69) is 52.6 Å². The fourth-order valence-electron chi connectivity index (χ4n) is 2.67. The second-order valence-corrected chi connectivity index (χ2v) is 8.57. The zero-order valence-corrected chi connectivity index (χ0v) is 20.6. The van der Waals surface area contributed by atoms with Gasteiger partial charge in [-0.3, -0.25) is 10.1 Å². The van der Waals surface area contributed by atoms with Crippen molar-refractivity contribution in [1.29, 1.82) is 0 Å². The monoisotopic (exact) mass is 589 g/mol. The number of hydrogen-bond donors (Lipinski definition) is 2. The number of aromatic nitrogens is 3. The molecule has 31 heavy (non-hydrogen) atoms. The Hall–Kier alpha value is -2.14. The van der Waals surface area contributed by atoms with E-state index in [0.29, 0.717) is 42.7 Å². The summed E-state index contributed by atoms with van der Waals surface area (Å²) in [5, 5.41) is 10.9. The number of carbonyl (C=O) groups excluding carboxylic acids is 2. The molecule has 0 aliphatic heterocycles. The molecule has 2 N–H and O–H groups in total. The molecule has 0 aliphatic rings. The Morgan fingerprint density at radius 2 is 2.00 bits per heavy atom. The van der Waals surface area contributed by atoms with E-state index in [1.807, 2.05) is 0 Å². The topological polar surface area (TPSA) is 98.1 Å². The number of amides is 2. The van der Waals surface area contributed by atoms with Crippen molar-refractivity contribution in [3.63, 3.8) is 0 Å². The second-order valence-electron chi connectivity index (χ2n) is 6.12. The normalized spacial score (nSPS) is 10.6. The van der Waals surface area contributed by atoms with Crippen LogP contribution >= 0.6 is 55.1 Å². The molecule has 0 spiro atoms. The van der Waals surface area contributed by atoms with E-state index in [-0.39, 0.29) is 12.3 Å². The highest BCUT2D eigenvalue weighted by Crippen LogP contribution is 2.31. The quantitative estimate of drug-likeness (QED) is 0.351. The molecule has 2 aromatic heterocycles. The van der Waals surface area contributed by atoms with E-state index in [1.54, 1.807) is 31.3 Å². The van der Waals surface area contributed by atoms with Gasteiger partial charge in [0.15, 0.2) is 5.82 Å². The molecule has 8 nitrogen and oxygen atoms in total. The fraction of sp³-hybridized carbons (Fsp3) is 0.158. The summed E-state index contributed by atoms with van der Waals surface area (Å²) in [6.07, 6.45) is 0.868. The molecule has 0 unspecified atom stereocenters. The summed E-state index contributed by atoms with van der Waals surface area (Å²) >= 11 is 18.8. The fourth-order valence-corrected chi connectivity index (χ4v) is 3.68. The van der Waals surface area contributed by atoms with Crippen molar-refractivity contribution in [2.75, 3.05) is 22.6 Å². The highest BCUT2D eigenvalue weighted by Gasteiger charge is 2.21. The standard InChI is InChI=1S/C19H15Br2Cl2N5O3/c1-10-7-11(22)8-13(25-19(30)31-6-4-20)16(10)26-18(29)14-9-15(21)27-28(14)17-12(23)3-2-5-24-17/h2-3,5,7-9H,4,6H2,1H3,(H,25,30)(H,26,29). The van der Waals surface area contributed by atoms with Crippen LogP contribution in [0.3, 0.4) is 0 Å². The van der Waals surface area contributed by atoms with Crippen molar-refractivity contribution in [2.45, 2.75) is 6.92 Å². The van der Waals surface area contributed by atoms with Gasteiger partial charge in [0, 0.05) is 22.6 Å². The van der Waals surface area contributed by atoms with Crippen LogP contribution in [0.15, 0.2) is 41.1 Å². The molecule has 1 aromatic carbocycles. The van der Waals surface area contributed by atoms with E-state index < -0.39 is 12.0 Å². The summed E-state index contributed by atoms with van der Waals surface area (Å²) < 4.78 is 6.76. The number of alkyl halides is 1. The van der Waals surface area contributed by atoms with Crippen LogP contribution in [0.4, 0.5) is 16.2 Å². The molecule has 0 saturated carbocycles. The third-order valence-corrected chi connectivity index (χ3v) is 5.16. The lowest BCUT2D eigenvalue weighted by molar-refractivity contribution is 0.101. The highest BCUT2D eigenvalue weighted by molar-refractivity contribution is 9.10. The van der Waals surface area contributed by atoms with Gasteiger partial charge in [-0.15, -0.1) is 0 Å². The van der Waals surface area contributed by atoms with Gasteiger partial charge in [0.25, 0.3) is 5.91 Å². The number of aryl methyl sites for hydroxylation is 1. The van der Waals surface area contributed by atoms with Crippen molar-refractivity contribution in [3.8, 4) is 5.82 Å². The largest absolute Gasteiger partial charge is 0.448 e. The van der Waals surface area contributed by atoms with Crippen LogP contribution in [0.1, 0.15) is 16.1 Å². The predicted molar refractivity (Wildman–Crippen MR) is 127 cm³/mol. The molecule has 3 aromatic rings. The maximum Gasteiger partial charge on any atom is 0.411 e. The van der Waals surface area contributed by atoms with Crippen LogP contribution < -0.4 is 10.6 Å². The van der Waals surface area contributed by atoms with Gasteiger partial charge in [0.1, 0.15) is 16.9 Å². The maximum absolute atomic E-state index is 13.1. The van der Waals surface area contributed by atoms with Gasteiger partial charge in [-0.25, -0.2) is 14.5 Å². The molecule has 0 saturated heterocycles. The van der Waals surface area contributed by atoms with Crippen molar-refractivity contribution in [2.24, 2.45) is 0 Å². The van der Waals surface area contributed by atoms with Crippen LogP contribution in [0.2, 0.25) is 10.0 Å². The molecule has 12 heteroatoms. The Balaban J connectivity index is 1.94. The molecule has 162 valence electrons. The third-order valence-electron chi connectivity index (χ3n) is 3.94. The number of pyridine rings is 1. The average Bonchev–Trinajstić information content (AvgIpc) is 3.10.